The standard InChI is InChI=1S/C19H21FN2O2/c1-13-12-21-10-9-16(13)18(14-5-7-15(20)8-6-14)22-11-3-2-4-17(22)19(23)24/h5-10,12,17-18H,2-4,11H2,1H3,(H,23,24). The molecule has 1 fully saturated rings. The summed E-state index contributed by atoms with van der Waals surface area (Å²) in [6.07, 6.45) is 6.02. The van der Waals surface area contributed by atoms with Crippen LogP contribution in [0.25, 0.3) is 0 Å². The third-order valence-corrected chi connectivity index (χ3v) is 4.70. The highest BCUT2D eigenvalue weighted by atomic mass is 19.1. The maximum Gasteiger partial charge on any atom is 0.320 e. The number of piperidine rings is 1. The second-order valence-electron chi connectivity index (χ2n) is 6.27. The predicted molar refractivity (Wildman–Crippen MR) is 89.2 cm³/mol. The first-order chi connectivity index (χ1) is 11.6. The van der Waals surface area contributed by atoms with Gasteiger partial charge in [0.15, 0.2) is 0 Å². The molecule has 2 atom stereocenters. The first-order valence-electron chi connectivity index (χ1n) is 8.22. The van der Waals surface area contributed by atoms with E-state index in [1.165, 1.54) is 12.1 Å². The molecule has 5 heteroatoms. The van der Waals surface area contributed by atoms with Crippen LogP contribution < -0.4 is 0 Å². The van der Waals surface area contributed by atoms with Gasteiger partial charge in [-0.2, -0.15) is 0 Å². The van der Waals surface area contributed by atoms with Crippen molar-refractivity contribution in [2.45, 2.75) is 38.3 Å². The monoisotopic (exact) mass is 328 g/mol. The zero-order chi connectivity index (χ0) is 17.1. The Labute approximate surface area is 141 Å². The fourth-order valence-electron chi connectivity index (χ4n) is 3.51. The Hall–Kier alpha value is -2.27. The summed E-state index contributed by atoms with van der Waals surface area (Å²) in [5.74, 6) is -1.09. The van der Waals surface area contributed by atoms with Crippen LogP contribution in [0, 0.1) is 12.7 Å². The van der Waals surface area contributed by atoms with Gasteiger partial charge in [0.25, 0.3) is 0 Å². The van der Waals surface area contributed by atoms with Gasteiger partial charge in [-0.15, -0.1) is 0 Å². The molecular weight excluding hydrogens is 307 g/mol. The summed E-state index contributed by atoms with van der Waals surface area (Å²) >= 11 is 0. The van der Waals surface area contributed by atoms with Gasteiger partial charge in [0.2, 0.25) is 0 Å². The van der Waals surface area contributed by atoms with Gasteiger partial charge in [0, 0.05) is 12.4 Å². The van der Waals surface area contributed by atoms with E-state index in [-0.39, 0.29) is 11.9 Å². The van der Waals surface area contributed by atoms with Gasteiger partial charge in [-0.1, -0.05) is 18.6 Å². The number of aliphatic carboxylic acids is 1. The fraction of sp³-hybridized carbons (Fsp3) is 0.368. The molecule has 2 unspecified atom stereocenters. The first-order valence-corrected chi connectivity index (χ1v) is 8.22. The molecule has 0 aliphatic carbocycles. The van der Waals surface area contributed by atoms with Gasteiger partial charge in [0.05, 0.1) is 6.04 Å². The van der Waals surface area contributed by atoms with Gasteiger partial charge in [-0.3, -0.25) is 14.7 Å². The van der Waals surface area contributed by atoms with Gasteiger partial charge in [-0.05, 0) is 61.2 Å². The molecule has 2 heterocycles. The van der Waals surface area contributed by atoms with Crippen molar-refractivity contribution in [3.05, 3.63) is 65.2 Å². The Morgan fingerprint density at radius 3 is 2.71 bits per heavy atom. The normalized spacial score (nSPS) is 19.8. The molecule has 1 aliphatic heterocycles. The van der Waals surface area contributed by atoms with Crippen molar-refractivity contribution in [1.82, 2.24) is 9.88 Å². The lowest BCUT2D eigenvalue weighted by molar-refractivity contribution is -0.145. The molecular formula is C19H21FN2O2. The van der Waals surface area contributed by atoms with Crippen LogP contribution in [-0.4, -0.2) is 33.5 Å². The van der Waals surface area contributed by atoms with E-state index < -0.39 is 12.0 Å². The molecule has 126 valence electrons. The number of carboxylic acid groups (broad SMARTS) is 1. The molecule has 3 rings (SSSR count). The number of hydrogen-bond donors (Lipinski definition) is 1. The Morgan fingerprint density at radius 1 is 1.29 bits per heavy atom. The summed E-state index contributed by atoms with van der Waals surface area (Å²) < 4.78 is 13.4. The largest absolute Gasteiger partial charge is 0.480 e. The summed E-state index contributed by atoms with van der Waals surface area (Å²) in [7, 11) is 0. The zero-order valence-electron chi connectivity index (χ0n) is 13.7. The molecule has 0 amide bonds. The van der Waals surface area contributed by atoms with E-state index in [9.17, 15) is 14.3 Å². The molecule has 1 aromatic heterocycles. The van der Waals surface area contributed by atoms with Crippen LogP contribution in [0.3, 0.4) is 0 Å². The Morgan fingerprint density at radius 2 is 2.04 bits per heavy atom. The average Bonchev–Trinajstić information content (AvgIpc) is 2.59. The van der Waals surface area contributed by atoms with Crippen LogP contribution in [-0.2, 0) is 4.79 Å². The number of carboxylic acids is 1. The first kappa shape index (κ1) is 16.6. The van der Waals surface area contributed by atoms with Crippen molar-refractivity contribution >= 4 is 5.97 Å². The van der Waals surface area contributed by atoms with Crippen molar-refractivity contribution < 1.29 is 14.3 Å². The van der Waals surface area contributed by atoms with E-state index in [2.05, 4.69) is 4.98 Å². The molecule has 0 spiro atoms. The Bertz CT molecular complexity index is 718. The second-order valence-corrected chi connectivity index (χ2v) is 6.27. The number of nitrogens with zero attached hydrogens (tertiary/aromatic N) is 2. The molecule has 1 saturated heterocycles. The number of likely N-dealkylation sites (tertiary alicyclic amines) is 1. The van der Waals surface area contributed by atoms with Crippen molar-refractivity contribution in [3.8, 4) is 0 Å². The quantitative estimate of drug-likeness (QED) is 0.932. The van der Waals surface area contributed by atoms with Crippen molar-refractivity contribution in [1.29, 1.82) is 0 Å². The number of benzene rings is 1. The van der Waals surface area contributed by atoms with Crippen LogP contribution in [0.2, 0.25) is 0 Å². The van der Waals surface area contributed by atoms with Crippen LogP contribution in [0.1, 0.15) is 42.0 Å². The van der Waals surface area contributed by atoms with Crippen LogP contribution in [0.4, 0.5) is 4.39 Å². The van der Waals surface area contributed by atoms with Gasteiger partial charge in [-0.25, -0.2) is 4.39 Å². The highest BCUT2D eigenvalue weighted by Crippen LogP contribution is 2.35. The lowest BCUT2D eigenvalue weighted by atomic mass is 9.90. The Kier molecular flexibility index (Phi) is 4.90. The number of hydrogen-bond acceptors (Lipinski definition) is 3. The summed E-state index contributed by atoms with van der Waals surface area (Å²) in [6, 6.07) is 7.53. The third-order valence-electron chi connectivity index (χ3n) is 4.70. The molecule has 0 bridgehead atoms. The van der Waals surface area contributed by atoms with E-state index in [4.69, 9.17) is 0 Å². The topological polar surface area (TPSA) is 53.4 Å². The van der Waals surface area contributed by atoms with E-state index in [0.29, 0.717) is 13.0 Å². The number of pyridine rings is 1. The minimum absolute atomic E-state index is 0.213. The van der Waals surface area contributed by atoms with E-state index >= 15 is 0 Å². The zero-order valence-corrected chi connectivity index (χ0v) is 13.7. The minimum atomic E-state index is -0.798. The van der Waals surface area contributed by atoms with E-state index in [1.54, 1.807) is 24.5 Å². The summed E-state index contributed by atoms with van der Waals surface area (Å²) in [4.78, 5) is 17.9. The molecule has 2 aromatic rings. The van der Waals surface area contributed by atoms with E-state index in [1.807, 2.05) is 17.9 Å². The van der Waals surface area contributed by atoms with Crippen molar-refractivity contribution in [2.75, 3.05) is 6.54 Å². The maximum absolute atomic E-state index is 13.4. The molecule has 0 saturated carbocycles. The molecule has 4 nitrogen and oxygen atoms in total. The highest BCUT2D eigenvalue weighted by molar-refractivity contribution is 5.73. The number of aryl methyl sites for hydroxylation is 1. The molecule has 1 aliphatic rings. The lowest BCUT2D eigenvalue weighted by Crippen LogP contribution is -2.47. The molecule has 1 N–H and O–H groups in total. The molecule has 0 radical (unpaired) electrons. The second kappa shape index (κ2) is 7.09. The van der Waals surface area contributed by atoms with Gasteiger partial charge < -0.3 is 5.11 Å². The Balaban J connectivity index is 2.09. The third kappa shape index (κ3) is 3.31. The van der Waals surface area contributed by atoms with Gasteiger partial charge in [0.1, 0.15) is 11.9 Å². The average molecular weight is 328 g/mol. The molecule has 1 aromatic carbocycles. The predicted octanol–water partition coefficient (Wildman–Crippen LogP) is 3.56. The van der Waals surface area contributed by atoms with E-state index in [0.717, 1.165) is 29.5 Å². The number of aromatic nitrogens is 1. The summed E-state index contributed by atoms with van der Waals surface area (Å²) in [5.41, 5.74) is 2.92. The maximum atomic E-state index is 13.4. The summed E-state index contributed by atoms with van der Waals surface area (Å²) in [5, 5.41) is 9.65. The SMILES string of the molecule is Cc1cnccc1C(c1ccc(F)cc1)N1CCCCC1C(=O)O. The highest BCUT2D eigenvalue weighted by Gasteiger charge is 2.35. The number of halogens is 1. The minimum Gasteiger partial charge on any atom is -0.480 e. The van der Waals surface area contributed by atoms with Crippen LogP contribution in [0.5, 0.6) is 0 Å². The van der Waals surface area contributed by atoms with Crippen LogP contribution >= 0.6 is 0 Å². The summed E-state index contributed by atoms with van der Waals surface area (Å²) in [6.45, 7) is 2.68. The van der Waals surface area contributed by atoms with Crippen molar-refractivity contribution in [3.63, 3.8) is 0 Å². The smallest absolute Gasteiger partial charge is 0.320 e. The van der Waals surface area contributed by atoms with Crippen LogP contribution in [0.15, 0.2) is 42.7 Å². The van der Waals surface area contributed by atoms with Crippen molar-refractivity contribution in [2.24, 2.45) is 0 Å². The number of rotatable bonds is 4. The molecule has 24 heavy (non-hydrogen) atoms. The lowest BCUT2D eigenvalue weighted by Gasteiger charge is -2.40. The fourth-order valence-corrected chi connectivity index (χ4v) is 3.51. The van der Waals surface area contributed by atoms with Gasteiger partial charge >= 0.3 is 5.97 Å². The number of carbonyl (C=O) groups is 1.